The average molecular weight is 279 g/mol. The molecule has 2 amide bonds. The van der Waals surface area contributed by atoms with Gasteiger partial charge in [-0.05, 0) is 44.2 Å². The molecule has 0 bridgehead atoms. The summed E-state index contributed by atoms with van der Waals surface area (Å²) in [5.41, 5.74) is 0. The lowest BCUT2D eigenvalue weighted by molar-refractivity contribution is -0.134. The Labute approximate surface area is 120 Å². The molecule has 0 aromatic carbocycles. The van der Waals surface area contributed by atoms with Gasteiger partial charge in [0.1, 0.15) is 6.04 Å². The van der Waals surface area contributed by atoms with Gasteiger partial charge in [0.2, 0.25) is 11.8 Å². The molecule has 1 N–H and O–H groups in total. The minimum Gasteiger partial charge on any atom is -0.344 e. The normalized spacial score (nSPS) is 32.4. The average Bonchev–Trinajstić information content (AvgIpc) is 3.20. The first kappa shape index (κ1) is 13.9. The molecule has 2 aliphatic heterocycles. The molecule has 1 aliphatic carbocycles. The van der Waals surface area contributed by atoms with Crippen LogP contribution < -0.4 is 5.32 Å². The number of carbonyl (C=O) groups is 2. The van der Waals surface area contributed by atoms with Crippen molar-refractivity contribution in [2.75, 3.05) is 32.7 Å². The molecule has 2 atom stereocenters. The zero-order valence-corrected chi connectivity index (χ0v) is 12.3. The van der Waals surface area contributed by atoms with Crippen LogP contribution in [0.25, 0.3) is 0 Å². The number of rotatable bonds is 4. The lowest BCUT2D eigenvalue weighted by atomic mass is 10.1. The first-order chi connectivity index (χ1) is 9.67. The lowest BCUT2D eigenvalue weighted by Gasteiger charge is -2.26. The maximum Gasteiger partial charge on any atom is 0.245 e. The van der Waals surface area contributed by atoms with Crippen LogP contribution in [0.4, 0.5) is 0 Å². The maximum atomic E-state index is 12.6. The van der Waals surface area contributed by atoms with E-state index in [1.54, 1.807) is 0 Å². The Bertz CT molecular complexity index is 395. The van der Waals surface area contributed by atoms with Gasteiger partial charge in [-0.25, -0.2) is 0 Å². The van der Waals surface area contributed by atoms with Crippen LogP contribution in [0.1, 0.15) is 32.6 Å². The van der Waals surface area contributed by atoms with Crippen molar-refractivity contribution >= 4 is 11.8 Å². The second kappa shape index (κ2) is 5.72. The highest BCUT2D eigenvalue weighted by Crippen LogP contribution is 2.34. The Hall–Kier alpha value is -1.10. The van der Waals surface area contributed by atoms with Gasteiger partial charge in [-0.2, -0.15) is 0 Å². The fourth-order valence-corrected chi connectivity index (χ4v) is 3.44. The molecule has 112 valence electrons. The molecule has 1 saturated carbocycles. The number of amides is 2. The highest BCUT2D eigenvalue weighted by molar-refractivity contribution is 5.90. The first-order valence-electron chi connectivity index (χ1n) is 7.98. The van der Waals surface area contributed by atoms with E-state index in [4.69, 9.17) is 0 Å². The topological polar surface area (TPSA) is 52.6 Å². The van der Waals surface area contributed by atoms with Crippen LogP contribution >= 0.6 is 0 Å². The summed E-state index contributed by atoms with van der Waals surface area (Å²) in [4.78, 5) is 28.8. The molecule has 20 heavy (non-hydrogen) atoms. The van der Waals surface area contributed by atoms with Gasteiger partial charge in [-0.15, -0.1) is 0 Å². The van der Waals surface area contributed by atoms with Crippen LogP contribution in [0.15, 0.2) is 0 Å². The molecule has 0 aromatic rings. The van der Waals surface area contributed by atoms with E-state index in [0.717, 1.165) is 39.0 Å². The summed E-state index contributed by atoms with van der Waals surface area (Å²) in [6.45, 7) is 6.94. The summed E-state index contributed by atoms with van der Waals surface area (Å²) in [6, 6.07) is -0.242. The molecule has 0 aromatic heterocycles. The second-order valence-electron chi connectivity index (χ2n) is 6.46. The lowest BCUT2D eigenvalue weighted by Crippen LogP contribution is -2.47. The third kappa shape index (κ3) is 2.97. The summed E-state index contributed by atoms with van der Waals surface area (Å²) >= 11 is 0. The Morgan fingerprint density at radius 2 is 2.00 bits per heavy atom. The predicted molar refractivity (Wildman–Crippen MR) is 76.1 cm³/mol. The van der Waals surface area contributed by atoms with Gasteiger partial charge in [0.15, 0.2) is 0 Å². The molecule has 3 fully saturated rings. The number of hydrogen-bond acceptors (Lipinski definition) is 3. The molecular weight excluding hydrogens is 254 g/mol. The number of hydrogen-bond donors (Lipinski definition) is 1. The van der Waals surface area contributed by atoms with Crippen molar-refractivity contribution in [3.05, 3.63) is 0 Å². The van der Waals surface area contributed by atoms with Crippen LogP contribution in [-0.2, 0) is 9.59 Å². The van der Waals surface area contributed by atoms with E-state index in [1.165, 1.54) is 6.42 Å². The first-order valence-corrected chi connectivity index (χ1v) is 7.98. The van der Waals surface area contributed by atoms with Crippen molar-refractivity contribution in [3.63, 3.8) is 0 Å². The molecule has 5 heteroatoms. The number of nitrogens with one attached hydrogen (secondary N) is 1. The van der Waals surface area contributed by atoms with E-state index >= 15 is 0 Å². The van der Waals surface area contributed by atoms with E-state index in [1.807, 2.05) is 4.90 Å². The highest BCUT2D eigenvalue weighted by atomic mass is 16.2. The number of likely N-dealkylation sites (tertiary alicyclic amines) is 1. The van der Waals surface area contributed by atoms with Crippen molar-refractivity contribution in [2.45, 2.75) is 38.6 Å². The number of carbonyl (C=O) groups excluding carboxylic acids is 2. The second-order valence-corrected chi connectivity index (χ2v) is 6.46. The SMILES string of the molecule is CCN1CCC(CN2CCC(=O)NC(C3CC3)C2=O)C1. The van der Waals surface area contributed by atoms with Crippen LogP contribution in [0.5, 0.6) is 0 Å². The van der Waals surface area contributed by atoms with Gasteiger partial charge in [-0.3, -0.25) is 9.59 Å². The zero-order valence-electron chi connectivity index (χ0n) is 12.3. The van der Waals surface area contributed by atoms with E-state index in [9.17, 15) is 9.59 Å². The van der Waals surface area contributed by atoms with Crippen molar-refractivity contribution in [1.82, 2.24) is 15.1 Å². The Kier molecular flexibility index (Phi) is 3.96. The summed E-state index contributed by atoms with van der Waals surface area (Å²) in [7, 11) is 0. The van der Waals surface area contributed by atoms with Crippen molar-refractivity contribution in [2.24, 2.45) is 11.8 Å². The Morgan fingerprint density at radius 1 is 1.20 bits per heavy atom. The van der Waals surface area contributed by atoms with Gasteiger partial charge < -0.3 is 15.1 Å². The highest BCUT2D eigenvalue weighted by Gasteiger charge is 2.41. The molecule has 2 heterocycles. The summed E-state index contributed by atoms with van der Waals surface area (Å²) in [5.74, 6) is 1.17. The van der Waals surface area contributed by atoms with Gasteiger partial charge >= 0.3 is 0 Å². The predicted octanol–water partition coefficient (Wildman–Crippen LogP) is 0.455. The molecular formula is C15H25N3O2. The standard InChI is InChI=1S/C15H25N3O2/c1-2-17-7-5-11(9-17)10-18-8-6-13(19)16-14(15(18)20)12-3-4-12/h11-12,14H,2-10H2,1H3,(H,16,19). The fourth-order valence-electron chi connectivity index (χ4n) is 3.44. The Balaban J connectivity index is 1.62. The van der Waals surface area contributed by atoms with Gasteiger partial charge in [0.25, 0.3) is 0 Å². The van der Waals surface area contributed by atoms with Gasteiger partial charge in [0.05, 0.1) is 0 Å². The molecule has 2 unspecified atom stereocenters. The van der Waals surface area contributed by atoms with Crippen LogP contribution in [0, 0.1) is 11.8 Å². The number of nitrogens with zero attached hydrogens (tertiary/aromatic N) is 2. The molecule has 0 radical (unpaired) electrons. The maximum absolute atomic E-state index is 12.6. The van der Waals surface area contributed by atoms with Crippen molar-refractivity contribution in [3.8, 4) is 0 Å². The Morgan fingerprint density at radius 3 is 2.65 bits per heavy atom. The van der Waals surface area contributed by atoms with Crippen molar-refractivity contribution in [1.29, 1.82) is 0 Å². The monoisotopic (exact) mass is 279 g/mol. The van der Waals surface area contributed by atoms with Crippen molar-refractivity contribution < 1.29 is 9.59 Å². The minimum atomic E-state index is -0.242. The van der Waals surface area contributed by atoms with E-state index < -0.39 is 0 Å². The van der Waals surface area contributed by atoms with Gasteiger partial charge in [-0.1, -0.05) is 6.92 Å². The van der Waals surface area contributed by atoms with E-state index in [0.29, 0.717) is 24.8 Å². The molecule has 3 rings (SSSR count). The summed E-state index contributed by atoms with van der Waals surface area (Å²) < 4.78 is 0. The molecule has 0 spiro atoms. The van der Waals surface area contributed by atoms with E-state index in [2.05, 4.69) is 17.1 Å². The molecule has 2 saturated heterocycles. The zero-order chi connectivity index (χ0) is 14.1. The smallest absolute Gasteiger partial charge is 0.245 e. The van der Waals surface area contributed by atoms with Gasteiger partial charge in [0, 0.05) is 26.1 Å². The third-order valence-electron chi connectivity index (χ3n) is 4.89. The van der Waals surface area contributed by atoms with Crippen LogP contribution in [0.2, 0.25) is 0 Å². The minimum absolute atomic E-state index is 0.0411. The van der Waals surface area contributed by atoms with E-state index in [-0.39, 0.29) is 17.9 Å². The third-order valence-corrected chi connectivity index (χ3v) is 4.89. The largest absolute Gasteiger partial charge is 0.344 e. The quantitative estimate of drug-likeness (QED) is 0.813. The summed E-state index contributed by atoms with van der Waals surface area (Å²) in [5, 5.41) is 2.92. The van der Waals surface area contributed by atoms with Crippen LogP contribution in [0.3, 0.4) is 0 Å². The van der Waals surface area contributed by atoms with Crippen LogP contribution in [-0.4, -0.2) is 60.4 Å². The molecule has 5 nitrogen and oxygen atoms in total. The summed E-state index contributed by atoms with van der Waals surface area (Å²) in [6.07, 6.45) is 3.79. The molecule has 3 aliphatic rings. The fraction of sp³-hybridized carbons (Fsp3) is 0.867.